The maximum Gasteiger partial charge on any atom is 0.162 e. The topological polar surface area (TPSA) is 29.5 Å². The Hall–Kier alpha value is -1.35. The number of carbonyl (C=O) groups is 1. The predicted molar refractivity (Wildman–Crippen MR) is 73.3 cm³/mol. The zero-order chi connectivity index (χ0) is 12.8. The molecule has 0 saturated carbocycles. The molecule has 0 atom stereocenters. The highest BCUT2D eigenvalue weighted by Crippen LogP contribution is 2.17. The number of ketones is 1. The molecule has 1 aromatic rings. The Kier molecular flexibility index (Phi) is 4.76. The van der Waals surface area contributed by atoms with Crippen LogP contribution in [0.15, 0.2) is 24.3 Å². The Morgan fingerprint density at radius 2 is 1.89 bits per heavy atom. The zero-order valence-electron chi connectivity index (χ0n) is 11.0. The van der Waals surface area contributed by atoms with E-state index in [0.29, 0.717) is 6.42 Å². The van der Waals surface area contributed by atoms with E-state index in [1.165, 1.54) is 5.69 Å². The number of benzene rings is 1. The predicted octanol–water partition coefficient (Wildman–Crippen LogP) is 2.90. The molecule has 0 radical (unpaired) electrons. The molecule has 0 spiro atoms. The highest BCUT2D eigenvalue weighted by molar-refractivity contribution is 5.96. The number of hydrogen-bond acceptors (Lipinski definition) is 3. The molecule has 1 fully saturated rings. The summed E-state index contributed by atoms with van der Waals surface area (Å²) in [5, 5.41) is 0. The third kappa shape index (κ3) is 3.33. The number of ether oxygens (including phenoxy) is 1. The molecule has 0 aromatic heterocycles. The second kappa shape index (κ2) is 6.55. The molecular formula is C15H21NO2. The van der Waals surface area contributed by atoms with E-state index >= 15 is 0 Å². The first kappa shape index (κ1) is 13.1. The van der Waals surface area contributed by atoms with E-state index in [1.807, 2.05) is 24.3 Å². The minimum Gasteiger partial charge on any atom is -0.378 e. The summed E-state index contributed by atoms with van der Waals surface area (Å²) in [4.78, 5) is 14.2. The maximum absolute atomic E-state index is 11.9. The van der Waals surface area contributed by atoms with Crippen LogP contribution in [-0.4, -0.2) is 32.1 Å². The maximum atomic E-state index is 11.9. The van der Waals surface area contributed by atoms with Crippen LogP contribution in [0.25, 0.3) is 0 Å². The smallest absolute Gasteiger partial charge is 0.162 e. The van der Waals surface area contributed by atoms with Crippen molar-refractivity contribution in [2.75, 3.05) is 31.2 Å². The van der Waals surface area contributed by atoms with Crippen molar-refractivity contribution < 1.29 is 9.53 Å². The van der Waals surface area contributed by atoms with E-state index in [1.54, 1.807) is 0 Å². The molecule has 0 unspecified atom stereocenters. The molecule has 1 saturated heterocycles. The van der Waals surface area contributed by atoms with Gasteiger partial charge in [0.25, 0.3) is 0 Å². The Labute approximate surface area is 109 Å². The van der Waals surface area contributed by atoms with Crippen molar-refractivity contribution >= 4 is 11.5 Å². The summed E-state index contributed by atoms with van der Waals surface area (Å²) in [5.74, 6) is 0.255. The van der Waals surface area contributed by atoms with Gasteiger partial charge >= 0.3 is 0 Å². The lowest BCUT2D eigenvalue weighted by Crippen LogP contribution is -2.36. The van der Waals surface area contributed by atoms with Crippen molar-refractivity contribution in [2.45, 2.75) is 26.2 Å². The lowest BCUT2D eigenvalue weighted by molar-refractivity contribution is 0.0979. The molecule has 18 heavy (non-hydrogen) atoms. The second-order valence-corrected chi connectivity index (χ2v) is 4.67. The van der Waals surface area contributed by atoms with Crippen LogP contribution in [-0.2, 0) is 4.74 Å². The van der Waals surface area contributed by atoms with Crippen molar-refractivity contribution in [3.05, 3.63) is 29.8 Å². The van der Waals surface area contributed by atoms with Gasteiger partial charge in [0.1, 0.15) is 0 Å². The summed E-state index contributed by atoms with van der Waals surface area (Å²) in [6.45, 7) is 5.55. The minimum absolute atomic E-state index is 0.255. The number of unbranched alkanes of at least 4 members (excludes halogenated alkanes) is 1. The van der Waals surface area contributed by atoms with Crippen LogP contribution in [0.2, 0.25) is 0 Å². The number of carbonyl (C=O) groups excluding carboxylic acids is 1. The lowest BCUT2D eigenvalue weighted by Gasteiger charge is -2.28. The molecule has 2 rings (SSSR count). The second-order valence-electron chi connectivity index (χ2n) is 4.67. The third-order valence-corrected chi connectivity index (χ3v) is 3.32. The van der Waals surface area contributed by atoms with Gasteiger partial charge in [0.05, 0.1) is 13.2 Å². The van der Waals surface area contributed by atoms with Crippen LogP contribution in [0, 0.1) is 0 Å². The molecule has 1 aromatic carbocycles. The van der Waals surface area contributed by atoms with Gasteiger partial charge < -0.3 is 9.64 Å². The summed E-state index contributed by atoms with van der Waals surface area (Å²) in [5.41, 5.74) is 2.02. The first-order valence-corrected chi connectivity index (χ1v) is 6.77. The summed E-state index contributed by atoms with van der Waals surface area (Å²) in [6, 6.07) is 7.99. The fourth-order valence-electron chi connectivity index (χ4n) is 2.16. The molecule has 0 bridgehead atoms. The Balaban J connectivity index is 1.98. The van der Waals surface area contributed by atoms with Gasteiger partial charge in [-0.05, 0) is 30.7 Å². The molecule has 0 aliphatic carbocycles. The van der Waals surface area contributed by atoms with Crippen molar-refractivity contribution in [2.24, 2.45) is 0 Å². The van der Waals surface area contributed by atoms with E-state index in [9.17, 15) is 4.79 Å². The van der Waals surface area contributed by atoms with Crippen molar-refractivity contribution in [1.29, 1.82) is 0 Å². The number of morpholine rings is 1. The molecule has 1 aliphatic rings. The van der Waals surface area contributed by atoms with Crippen LogP contribution in [0.4, 0.5) is 5.69 Å². The Morgan fingerprint density at radius 3 is 2.50 bits per heavy atom. The molecule has 0 N–H and O–H groups in total. The van der Waals surface area contributed by atoms with Crippen molar-refractivity contribution in [3.8, 4) is 0 Å². The average molecular weight is 247 g/mol. The van der Waals surface area contributed by atoms with Crippen molar-refractivity contribution in [1.82, 2.24) is 0 Å². The van der Waals surface area contributed by atoms with Gasteiger partial charge in [-0.3, -0.25) is 4.79 Å². The lowest BCUT2D eigenvalue weighted by atomic mass is 10.1. The number of Topliss-reactive ketones (excluding diaryl/α,β-unsaturated/α-hetero) is 1. The third-order valence-electron chi connectivity index (χ3n) is 3.32. The summed E-state index contributed by atoms with van der Waals surface area (Å²) >= 11 is 0. The Bertz CT molecular complexity index is 380. The SMILES string of the molecule is CCCCC(=O)c1ccc(N2CCOCC2)cc1. The summed E-state index contributed by atoms with van der Waals surface area (Å²) in [7, 11) is 0. The fourth-order valence-corrected chi connectivity index (χ4v) is 2.16. The van der Waals surface area contributed by atoms with Gasteiger partial charge in [-0.25, -0.2) is 0 Å². The van der Waals surface area contributed by atoms with E-state index in [0.717, 1.165) is 44.7 Å². The number of nitrogens with zero attached hydrogens (tertiary/aromatic N) is 1. The first-order valence-electron chi connectivity index (χ1n) is 6.77. The van der Waals surface area contributed by atoms with E-state index in [2.05, 4.69) is 11.8 Å². The zero-order valence-corrected chi connectivity index (χ0v) is 11.0. The highest BCUT2D eigenvalue weighted by Gasteiger charge is 2.11. The summed E-state index contributed by atoms with van der Waals surface area (Å²) < 4.78 is 5.33. The molecule has 1 heterocycles. The van der Waals surface area contributed by atoms with Crippen molar-refractivity contribution in [3.63, 3.8) is 0 Å². The van der Waals surface area contributed by atoms with Crippen LogP contribution >= 0.6 is 0 Å². The molecule has 0 amide bonds. The quantitative estimate of drug-likeness (QED) is 0.749. The molecule has 3 nitrogen and oxygen atoms in total. The van der Waals surface area contributed by atoms with Gasteiger partial charge in [-0.1, -0.05) is 13.3 Å². The van der Waals surface area contributed by atoms with E-state index in [4.69, 9.17) is 4.74 Å². The number of hydrogen-bond donors (Lipinski definition) is 0. The van der Waals surface area contributed by atoms with Gasteiger partial charge in [0, 0.05) is 30.8 Å². The van der Waals surface area contributed by atoms with Gasteiger partial charge in [0.2, 0.25) is 0 Å². The van der Waals surface area contributed by atoms with Crippen LogP contribution in [0.1, 0.15) is 36.5 Å². The average Bonchev–Trinajstić information content (AvgIpc) is 2.46. The monoisotopic (exact) mass is 247 g/mol. The molecule has 1 aliphatic heterocycles. The molecule has 98 valence electrons. The van der Waals surface area contributed by atoms with Gasteiger partial charge in [-0.15, -0.1) is 0 Å². The number of rotatable bonds is 5. The minimum atomic E-state index is 0.255. The van der Waals surface area contributed by atoms with Crippen LogP contribution in [0.3, 0.4) is 0 Å². The van der Waals surface area contributed by atoms with Crippen LogP contribution < -0.4 is 4.90 Å². The van der Waals surface area contributed by atoms with Gasteiger partial charge in [0.15, 0.2) is 5.78 Å². The van der Waals surface area contributed by atoms with Gasteiger partial charge in [-0.2, -0.15) is 0 Å². The fraction of sp³-hybridized carbons (Fsp3) is 0.533. The van der Waals surface area contributed by atoms with E-state index < -0.39 is 0 Å². The standard InChI is InChI=1S/C15H21NO2/c1-2-3-4-15(17)13-5-7-14(8-6-13)16-9-11-18-12-10-16/h5-8H,2-4,9-12H2,1H3. The van der Waals surface area contributed by atoms with E-state index in [-0.39, 0.29) is 5.78 Å². The highest BCUT2D eigenvalue weighted by atomic mass is 16.5. The summed E-state index contributed by atoms with van der Waals surface area (Å²) in [6.07, 6.45) is 2.70. The Morgan fingerprint density at radius 1 is 1.22 bits per heavy atom. The molecule has 3 heteroatoms. The largest absolute Gasteiger partial charge is 0.378 e. The normalized spacial score (nSPS) is 15.7. The van der Waals surface area contributed by atoms with Crippen LogP contribution in [0.5, 0.6) is 0 Å². The first-order chi connectivity index (χ1) is 8.81. The number of anilines is 1. The molecular weight excluding hydrogens is 226 g/mol.